The normalized spacial score (nSPS) is 18.4. The fourth-order valence-corrected chi connectivity index (χ4v) is 5.94. The van der Waals surface area contributed by atoms with E-state index in [0.717, 1.165) is 35.3 Å². The second-order valence-electron chi connectivity index (χ2n) is 10.4. The second-order valence-corrected chi connectivity index (χ2v) is 12.3. The molecule has 2 aromatic carbocycles. The maximum absolute atomic E-state index is 13.9. The number of carboxylic acids is 1. The highest BCUT2D eigenvalue weighted by molar-refractivity contribution is 7.92. The Hall–Kier alpha value is -3.55. The molecule has 2 N–H and O–H groups in total. The van der Waals surface area contributed by atoms with E-state index in [4.69, 9.17) is 4.74 Å². The summed E-state index contributed by atoms with van der Waals surface area (Å²) in [6.07, 6.45) is -5.58. The van der Waals surface area contributed by atoms with Gasteiger partial charge in [0.2, 0.25) is 5.60 Å². The molecule has 40 heavy (non-hydrogen) atoms. The molecule has 0 radical (unpaired) electrons. The van der Waals surface area contributed by atoms with Gasteiger partial charge in [-0.15, -0.1) is 0 Å². The molecule has 9 nitrogen and oxygen atoms in total. The number of carbonyl (C=O) groups excluding carboxylic acids is 1. The fourth-order valence-electron chi connectivity index (χ4n) is 4.35. The van der Waals surface area contributed by atoms with Crippen LogP contribution in [0.2, 0.25) is 0 Å². The van der Waals surface area contributed by atoms with Gasteiger partial charge in [0.15, 0.2) is 0 Å². The molecule has 1 saturated carbocycles. The summed E-state index contributed by atoms with van der Waals surface area (Å²) in [6, 6.07) is 7.03. The average Bonchev–Trinajstić information content (AvgIpc) is 3.67. The van der Waals surface area contributed by atoms with Crippen LogP contribution in [-0.4, -0.2) is 50.0 Å². The Labute approximate surface area is 228 Å². The predicted molar refractivity (Wildman–Crippen MR) is 135 cm³/mol. The zero-order chi connectivity index (χ0) is 29.6. The molecule has 0 aromatic heterocycles. The molecular weight excluding hydrogens is 560 g/mol. The lowest BCUT2D eigenvalue weighted by atomic mass is 9.95. The number of aryl methyl sites for hydroxylation is 1. The Morgan fingerprint density at radius 1 is 1.18 bits per heavy atom. The number of benzene rings is 2. The molecule has 14 heteroatoms. The van der Waals surface area contributed by atoms with E-state index < -0.39 is 51.7 Å². The number of aliphatic carboxylic acids is 1. The van der Waals surface area contributed by atoms with Gasteiger partial charge in [0.05, 0.1) is 23.0 Å². The molecule has 1 aliphatic carbocycles. The highest BCUT2D eigenvalue weighted by atomic mass is 32.2. The van der Waals surface area contributed by atoms with Gasteiger partial charge in [-0.1, -0.05) is 0 Å². The maximum atomic E-state index is 13.9. The summed E-state index contributed by atoms with van der Waals surface area (Å²) in [6.45, 7) is 2.46. The van der Waals surface area contributed by atoms with Crippen LogP contribution >= 0.6 is 0 Å². The molecule has 218 valence electrons. The molecule has 2 aromatic rings. The first-order valence-electron chi connectivity index (χ1n) is 12.4. The number of hydrogen-bond acceptors (Lipinski definition) is 6. The van der Waals surface area contributed by atoms with Crippen molar-refractivity contribution in [3.63, 3.8) is 0 Å². The average molecular weight is 589 g/mol. The van der Waals surface area contributed by atoms with Crippen LogP contribution in [0.1, 0.15) is 38.7 Å². The van der Waals surface area contributed by atoms with E-state index in [1.165, 1.54) is 25.1 Å². The number of carboxylic acid groups (broad SMARTS) is 1. The summed E-state index contributed by atoms with van der Waals surface area (Å²) in [5.74, 6) is -2.35. The SMILES string of the molecule is Cc1cc(S(=O)(=O)N2C[C@H](CC(C(=O)O)C3CC3)Oc3ccc(NC(=O)OC(C)(C)C(F)(F)F)cc32)ccc1F. The molecule has 1 amide bonds. The molecule has 0 bridgehead atoms. The van der Waals surface area contributed by atoms with Crippen molar-refractivity contribution in [2.24, 2.45) is 11.8 Å². The molecular formula is C26H28F4N2O7S. The highest BCUT2D eigenvalue weighted by Gasteiger charge is 2.51. The largest absolute Gasteiger partial charge is 0.486 e. The molecule has 0 spiro atoms. The number of hydrogen-bond donors (Lipinski definition) is 2. The minimum absolute atomic E-state index is 0.0345. The number of ether oxygens (including phenoxy) is 2. The zero-order valence-electron chi connectivity index (χ0n) is 21.8. The van der Waals surface area contributed by atoms with Crippen LogP contribution in [0.3, 0.4) is 0 Å². The summed E-state index contributed by atoms with van der Waals surface area (Å²) in [7, 11) is -4.36. The number of sulfonamides is 1. The summed E-state index contributed by atoms with van der Waals surface area (Å²) < 4.78 is 92.2. The number of nitrogens with zero attached hydrogens (tertiary/aromatic N) is 1. The Bertz CT molecular complexity index is 1420. The van der Waals surface area contributed by atoms with Crippen LogP contribution in [-0.2, 0) is 19.6 Å². The Kier molecular flexibility index (Phi) is 7.69. The first kappa shape index (κ1) is 29.4. The third kappa shape index (κ3) is 6.11. The van der Waals surface area contributed by atoms with Gasteiger partial charge in [-0.25, -0.2) is 17.6 Å². The number of fused-ring (bicyclic) bond motifs is 1. The molecule has 2 aliphatic rings. The van der Waals surface area contributed by atoms with Crippen molar-refractivity contribution >= 4 is 33.5 Å². The van der Waals surface area contributed by atoms with Gasteiger partial charge in [0.1, 0.15) is 17.7 Å². The monoisotopic (exact) mass is 588 g/mol. The van der Waals surface area contributed by atoms with Gasteiger partial charge in [-0.3, -0.25) is 14.4 Å². The van der Waals surface area contributed by atoms with Crippen molar-refractivity contribution in [2.45, 2.75) is 62.8 Å². The van der Waals surface area contributed by atoms with Crippen LogP contribution in [0.5, 0.6) is 5.75 Å². The third-order valence-corrected chi connectivity index (χ3v) is 8.69. The van der Waals surface area contributed by atoms with Crippen LogP contribution in [0.25, 0.3) is 0 Å². The molecule has 1 heterocycles. The number of alkyl halides is 3. The number of carbonyl (C=O) groups is 2. The number of anilines is 2. The van der Waals surface area contributed by atoms with Crippen molar-refractivity contribution in [2.75, 3.05) is 16.2 Å². The van der Waals surface area contributed by atoms with Crippen LogP contribution in [0.15, 0.2) is 41.3 Å². The van der Waals surface area contributed by atoms with Gasteiger partial charge in [0, 0.05) is 5.69 Å². The van der Waals surface area contributed by atoms with Gasteiger partial charge in [-0.05, 0) is 87.9 Å². The molecule has 1 unspecified atom stereocenters. The van der Waals surface area contributed by atoms with Crippen molar-refractivity contribution < 1.29 is 50.1 Å². The van der Waals surface area contributed by atoms with E-state index in [-0.39, 0.29) is 46.5 Å². The maximum Gasteiger partial charge on any atom is 0.427 e. The number of nitrogens with one attached hydrogen (secondary N) is 1. The van der Waals surface area contributed by atoms with Crippen LogP contribution in [0, 0.1) is 24.6 Å². The van der Waals surface area contributed by atoms with E-state index in [2.05, 4.69) is 10.1 Å². The molecule has 1 fully saturated rings. The van der Waals surface area contributed by atoms with E-state index in [9.17, 15) is 40.7 Å². The predicted octanol–water partition coefficient (Wildman–Crippen LogP) is 5.48. The Morgan fingerprint density at radius 2 is 1.85 bits per heavy atom. The quantitative estimate of drug-likeness (QED) is 0.392. The molecule has 4 rings (SSSR count). The second kappa shape index (κ2) is 10.5. The number of rotatable bonds is 8. The van der Waals surface area contributed by atoms with E-state index in [1.807, 2.05) is 0 Å². The Balaban J connectivity index is 1.68. The molecule has 0 saturated heterocycles. The third-order valence-electron chi connectivity index (χ3n) is 6.91. The molecule has 1 aliphatic heterocycles. The van der Waals surface area contributed by atoms with E-state index >= 15 is 0 Å². The smallest absolute Gasteiger partial charge is 0.427 e. The van der Waals surface area contributed by atoms with Gasteiger partial charge in [0.25, 0.3) is 10.0 Å². The van der Waals surface area contributed by atoms with Crippen molar-refractivity contribution in [3.05, 3.63) is 47.8 Å². The van der Waals surface area contributed by atoms with Crippen molar-refractivity contribution in [3.8, 4) is 5.75 Å². The lowest BCUT2D eigenvalue weighted by molar-refractivity contribution is -0.242. The van der Waals surface area contributed by atoms with Crippen LogP contribution < -0.4 is 14.4 Å². The van der Waals surface area contributed by atoms with Gasteiger partial charge >= 0.3 is 18.2 Å². The summed E-state index contributed by atoms with van der Waals surface area (Å²) in [4.78, 5) is 23.8. The minimum Gasteiger partial charge on any atom is -0.486 e. The van der Waals surface area contributed by atoms with E-state index in [0.29, 0.717) is 13.8 Å². The van der Waals surface area contributed by atoms with Gasteiger partial charge < -0.3 is 14.6 Å². The standard InChI is InChI=1S/C26H28F4N2O7S/c1-14-10-18(7-8-20(14)27)40(36,37)32-13-17(12-19(23(33)34)15-4-5-15)38-22-9-6-16(11-21(22)32)31-24(35)39-25(2,3)26(28,29)30/h6-11,15,17,19H,4-5,12-13H2,1-3H3,(H,31,35)(H,33,34)/t17-,19?/m0/s1. The van der Waals surface area contributed by atoms with Crippen LogP contribution in [0.4, 0.5) is 33.7 Å². The lowest BCUT2D eigenvalue weighted by Gasteiger charge is -2.36. The van der Waals surface area contributed by atoms with E-state index in [1.54, 1.807) is 0 Å². The Morgan fingerprint density at radius 3 is 2.42 bits per heavy atom. The van der Waals surface area contributed by atoms with Gasteiger partial charge in [-0.2, -0.15) is 13.2 Å². The summed E-state index contributed by atoms with van der Waals surface area (Å²) in [5, 5.41) is 11.8. The summed E-state index contributed by atoms with van der Waals surface area (Å²) >= 11 is 0. The fraction of sp³-hybridized carbons (Fsp3) is 0.462. The first-order valence-corrected chi connectivity index (χ1v) is 13.8. The lowest BCUT2D eigenvalue weighted by Crippen LogP contribution is -2.45. The highest BCUT2D eigenvalue weighted by Crippen LogP contribution is 2.44. The zero-order valence-corrected chi connectivity index (χ0v) is 22.6. The minimum atomic E-state index is -4.84. The van der Waals surface area contributed by atoms with Crippen molar-refractivity contribution in [1.82, 2.24) is 0 Å². The topological polar surface area (TPSA) is 122 Å². The number of amides is 1. The van der Waals surface area contributed by atoms with Crippen molar-refractivity contribution in [1.29, 1.82) is 0 Å². The molecule has 2 atom stereocenters. The number of halogens is 4. The summed E-state index contributed by atoms with van der Waals surface area (Å²) in [5.41, 5.74) is -2.85. The first-order chi connectivity index (χ1) is 18.5.